The highest BCUT2D eigenvalue weighted by Crippen LogP contribution is 2.32. The summed E-state index contributed by atoms with van der Waals surface area (Å²) in [4.78, 5) is 22.5. The Morgan fingerprint density at radius 2 is 2.20 bits per heavy atom. The molecule has 0 spiro atoms. The molecule has 0 fully saturated rings. The van der Waals surface area contributed by atoms with Crippen LogP contribution in [0.25, 0.3) is 0 Å². The molecule has 0 saturated heterocycles. The van der Waals surface area contributed by atoms with Gasteiger partial charge >= 0.3 is 0 Å². The lowest BCUT2D eigenvalue weighted by molar-refractivity contribution is 0.0976. The van der Waals surface area contributed by atoms with Crippen molar-refractivity contribution in [2.75, 3.05) is 10.3 Å². The fourth-order valence-corrected chi connectivity index (χ4v) is 2.54. The number of carbonyl (C=O) groups is 1. The van der Waals surface area contributed by atoms with Gasteiger partial charge in [0.2, 0.25) is 0 Å². The summed E-state index contributed by atoms with van der Waals surface area (Å²) in [5.74, 6) is 5.51. The molecule has 3 N–H and O–H groups in total. The molecule has 0 saturated carbocycles. The van der Waals surface area contributed by atoms with Gasteiger partial charge in [-0.25, -0.2) is 10.8 Å². The van der Waals surface area contributed by atoms with Crippen molar-refractivity contribution in [3.05, 3.63) is 47.9 Å². The Kier molecular flexibility index (Phi) is 3.08. The molecule has 1 atom stereocenters. The summed E-state index contributed by atoms with van der Waals surface area (Å²) in [6, 6.07) is 8.02. The van der Waals surface area contributed by atoms with Crippen molar-refractivity contribution in [1.82, 2.24) is 9.97 Å². The highest BCUT2D eigenvalue weighted by molar-refractivity contribution is 6.06. The zero-order valence-electron chi connectivity index (χ0n) is 11.1. The topological polar surface area (TPSA) is 84.1 Å². The highest BCUT2D eigenvalue weighted by Gasteiger charge is 2.31. The molecule has 1 unspecified atom stereocenters. The standard InChI is InChI=1S/C14H15N5O/c1-9-6-10-4-2-3-5-12(10)19(9)14(20)11-7-16-8-13(17-11)18-15/h2-5,7-9H,6,15H2,1H3,(H,17,18). The number of nitrogens with zero attached hydrogens (tertiary/aromatic N) is 3. The molecule has 6 heteroatoms. The van der Waals surface area contributed by atoms with Gasteiger partial charge in [-0.15, -0.1) is 0 Å². The molecule has 2 heterocycles. The van der Waals surface area contributed by atoms with Gasteiger partial charge in [-0.3, -0.25) is 9.78 Å². The third-order valence-corrected chi connectivity index (χ3v) is 3.43. The fraction of sp³-hybridized carbons (Fsp3) is 0.214. The second kappa shape index (κ2) is 4.90. The van der Waals surface area contributed by atoms with Crippen molar-refractivity contribution in [3.8, 4) is 0 Å². The van der Waals surface area contributed by atoms with E-state index in [0.717, 1.165) is 12.1 Å². The maximum Gasteiger partial charge on any atom is 0.278 e. The first-order valence-electron chi connectivity index (χ1n) is 6.41. The Hall–Kier alpha value is -2.47. The van der Waals surface area contributed by atoms with Crippen molar-refractivity contribution in [3.63, 3.8) is 0 Å². The minimum atomic E-state index is -0.160. The summed E-state index contributed by atoms with van der Waals surface area (Å²) in [6.45, 7) is 2.02. The van der Waals surface area contributed by atoms with Crippen LogP contribution >= 0.6 is 0 Å². The first-order valence-corrected chi connectivity index (χ1v) is 6.41. The Morgan fingerprint density at radius 3 is 3.00 bits per heavy atom. The van der Waals surface area contributed by atoms with Gasteiger partial charge in [0, 0.05) is 11.7 Å². The van der Waals surface area contributed by atoms with Gasteiger partial charge < -0.3 is 10.3 Å². The van der Waals surface area contributed by atoms with Crippen LogP contribution in [0.2, 0.25) is 0 Å². The Bertz CT molecular complexity index is 658. The molecule has 0 bridgehead atoms. The number of amides is 1. The maximum atomic E-state index is 12.6. The number of hydrazine groups is 1. The van der Waals surface area contributed by atoms with E-state index in [9.17, 15) is 4.79 Å². The Morgan fingerprint density at radius 1 is 1.40 bits per heavy atom. The van der Waals surface area contributed by atoms with E-state index in [-0.39, 0.29) is 17.6 Å². The summed E-state index contributed by atoms with van der Waals surface area (Å²) in [5.41, 5.74) is 4.80. The van der Waals surface area contributed by atoms with E-state index in [0.29, 0.717) is 5.82 Å². The van der Waals surface area contributed by atoms with Gasteiger partial charge in [-0.05, 0) is 25.0 Å². The molecular formula is C14H15N5O. The molecule has 102 valence electrons. The van der Waals surface area contributed by atoms with Gasteiger partial charge in [0.15, 0.2) is 5.82 Å². The molecule has 2 aromatic rings. The molecule has 6 nitrogen and oxygen atoms in total. The minimum Gasteiger partial charge on any atom is -0.307 e. The van der Waals surface area contributed by atoms with Crippen molar-refractivity contribution in [2.24, 2.45) is 5.84 Å². The second-order valence-corrected chi connectivity index (χ2v) is 4.79. The highest BCUT2D eigenvalue weighted by atomic mass is 16.2. The zero-order chi connectivity index (χ0) is 14.1. The average Bonchev–Trinajstić information content (AvgIpc) is 2.82. The van der Waals surface area contributed by atoms with Crippen LogP contribution in [0.4, 0.5) is 11.5 Å². The molecule has 1 aliphatic rings. The molecular weight excluding hydrogens is 254 g/mol. The summed E-state index contributed by atoms with van der Waals surface area (Å²) < 4.78 is 0. The molecule has 3 rings (SSSR count). The predicted molar refractivity (Wildman–Crippen MR) is 76.3 cm³/mol. The van der Waals surface area contributed by atoms with Gasteiger partial charge in [-0.1, -0.05) is 18.2 Å². The number of carbonyl (C=O) groups excluding carboxylic acids is 1. The molecule has 0 radical (unpaired) electrons. The van der Waals surface area contributed by atoms with Crippen LogP contribution in [0.3, 0.4) is 0 Å². The molecule has 1 amide bonds. The Balaban J connectivity index is 1.98. The van der Waals surface area contributed by atoms with Gasteiger partial charge in [0.25, 0.3) is 5.91 Å². The van der Waals surface area contributed by atoms with Crippen molar-refractivity contribution in [2.45, 2.75) is 19.4 Å². The predicted octanol–water partition coefficient (Wildman–Crippen LogP) is 1.35. The molecule has 20 heavy (non-hydrogen) atoms. The van der Waals surface area contributed by atoms with Crippen LogP contribution < -0.4 is 16.2 Å². The molecule has 0 aliphatic carbocycles. The summed E-state index contributed by atoms with van der Waals surface area (Å²) in [7, 11) is 0. The maximum absolute atomic E-state index is 12.6. The number of rotatable bonds is 2. The number of anilines is 2. The number of nitrogens with one attached hydrogen (secondary N) is 1. The SMILES string of the molecule is CC1Cc2ccccc2N1C(=O)c1cncc(NN)n1. The normalized spacial score (nSPS) is 16.9. The third kappa shape index (κ3) is 2.00. The van der Waals surface area contributed by atoms with E-state index in [1.807, 2.05) is 31.2 Å². The van der Waals surface area contributed by atoms with Crippen LogP contribution in [0, 0.1) is 0 Å². The molecule has 1 aromatic heterocycles. The van der Waals surface area contributed by atoms with E-state index in [2.05, 4.69) is 15.4 Å². The van der Waals surface area contributed by atoms with E-state index in [4.69, 9.17) is 5.84 Å². The quantitative estimate of drug-likeness (QED) is 0.635. The number of hydrogen-bond donors (Lipinski definition) is 2. The summed E-state index contributed by atoms with van der Waals surface area (Å²) >= 11 is 0. The summed E-state index contributed by atoms with van der Waals surface area (Å²) in [5, 5.41) is 0. The van der Waals surface area contributed by atoms with Crippen LogP contribution in [0.1, 0.15) is 23.0 Å². The van der Waals surface area contributed by atoms with E-state index in [1.165, 1.54) is 18.0 Å². The number of nitrogen functional groups attached to an aromatic ring is 1. The monoisotopic (exact) mass is 269 g/mol. The van der Waals surface area contributed by atoms with Gasteiger partial charge in [-0.2, -0.15) is 0 Å². The number of fused-ring (bicyclic) bond motifs is 1. The Labute approximate surface area is 116 Å². The van der Waals surface area contributed by atoms with E-state index < -0.39 is 0 Å². The number of nitrogens with two attached hydrogens (primary N) is 1. The molecule has 1 aliphatic heterocycles. The lowest BCUT2D eigenvalue weighted by atomic mass is 10.1. The van der Waals surface area contributed by atoms with Gasteiger partial charge in [0.05, 0.1) is 12.4 Å². The van der Waals surface area contributed by atoms with E-state index in [1.54, 1.807) is 4.90 Å². The number of hydrogen-bond acceptors (Lipinski definition) is 5. The van der Waals surface area contributed by atoms with Crippen molar-refractivity contribution < 1.29 is 4.79 Å². The van der Waals surface area contributed by atoms with Crippen molar-refractivity contribution in [1.29, 1.82) is 0 Å². The van der Waals surface area contributed by atoms with Crippen molar-refractivity contribution >= 4 is 17.4 Å². The van der Waals surface area contributed by atoms with Crippen LogP contribution in [0.5, 0.6) is 0 Å². The smallest absolute Gasteiger partial charge is 0.278 e. The van der Waals surface area contributed by atoms with Gasteiger partial charge in [0.1, 0.15) is 5.69 Å². The lowest BCUT2D eigenvalue weighted by Crippen LogP contribution is -2.36. The van der Waals surface area contributed by atoms with Crippen LogP contribution in [-0.4, -0.2) is 21.9 Å². The first kappa shape index (κ1) is 12.6. The molecule has 1 aromatic carbocycles. The zero-order valence-corrected chi connectivity index (χ0v) is 11.1. The lowest BCUT2D eigenvalue weighted by Gasteiger charge is -2.22. The number of para-hydroxylation sites is 1. The van der Waals surface area contributed by atoms with E-state index >= 15 is 0 Å². The van der Waals surface area contributed by atoms with Crippen LogP contribution in [0.15, 0.2) is 36.7 Å². The number of aromatic nitrogens is 2. The number of benzene rings is 1. The largest absolute Gasteiger partial charge is 0.307 e. The third-order valence-electron chi connectivity index (χ3n) is 3.43. The average molecular weight is 269 g/mol. The first-order chi connectivity index (χ1) is 9.70. The fourth-order valence-electron chi connectivity index (χ4n) is 2.54. The summed E-state index contributed by atoms with van der Waals surface area (Å²) in [6.07, 6.45) is 3.78. The second-order valence-electron chi connectivity index (χ2n) is 4.79. The minimum absolute atomic E-state index is 0.108. The van der Waals surface area contributed by atoms with Crippen LogP contribution in [-0.2, 0) is 6.42 Å².